The summed E-state index contributed by atoms with van der Waals surface area (Å²) in [5, 5.41) is 7.34. The molecule has 210 valence electrons. The lowest BCUT2D eigenvalue weighted by molar-refractivity contribution is 0.670. The maximum Gasteiger partial charge on any atom is 0.143 e. The average Bonchev–Trinajstić information content (AvgIpc) is 3.51. The van der Waals surface area contributed by atoms with Crippen LogP contribution in [0.2, 0.25) is 0 Å². The van der Waals surface area contributed by atoms with Crippen molar-refractivity contribution in [2.24, 2.45) is 0 Å². The van der Waals surface area contributed by atoms with E-state index >= 15 is 0 Å². The predicted molar refractivity (Wildman–Crippen MR) is 190 cm³/mol. The summed E-state index contributed by atoms with van der Waals surface area (Å²) in [6.07, 6.45) is 0. The summed E-state index contributed by atoms with van der Waals surface area (Å²) in [7, 11) is 0. The van der Waals surface area contributed by atoms with Crippen molar-refractivity contribution in [2.45, 2.75) is 0 Å². The Morgan fingerprint density at radius 2 is 0.844 bits per heavy atom. The van der Waals surface area contributed by atoms with Crippen molar-refractivity contribution >= 4 is 43.5 Å². The van der Waals surface area contributed by atoms with Gasteiger partial charge in [-0.25, -0.2) is 0 Å². The molecule has 1 nitrogen and oxygen atoms in total. The van der Waals surface area contributed by atoms with E-state index in [0.29, 0.717) is 0 Å². The summed E-state index contributed by atoms with van der Waals surface area (Å²) < 4.78 is 6.33. The van der Waals surface area contributed by atoms with Crippen molar-refractivity contribution in [3.63, 3.8) is 0 Å². The molecule has 45 heavy (non-hydrogen) atoms. The van der Waals surface area contributed by atoms with Gasteiger partial charge in [-0.2, -0.15) is 0 Å². The number of rotatable bonds is 4. The van der Waals surface area contributed by atoms with Gasteiger partial charge in [0.15, 0.2) is 0 Å². The lowest BCUT2D eigenvalue weighted by Crippen LogP contribution is -1.87. The Balaban J connectivity index is 1.11. The summed E-state index contributed by atoms with van der Waals surface area (Å²) in [4.78, 5) is 0. The molecule has 9 rings (SSSR count). The van der Waals surface area contributed by atoms with E-state index in [4.69, 9.17) is 4.42 Å². The molecule has 0 aliphatic rings. The van der Waals surface area contributed by atoms with Gasteiger partial charge in [0.25, 0.3) is 0 Å². The minimum absolute atomic E-state index is 0.923. The van der Waals surface area contributed by atoms with Gasteiger partial charge in [0.05, 0.1) is 0 Å². The standard InChI is InChI=1S/C44H28O/c1-2-9-29(10-3-1)30-17-19-31(20-18-30)34-25-26-35-28-41(37-11-4-5-12-38(37)42(35)27-34)33-23-21-32(22-24-33)36-14-8-15-40-39-13-6-7-16-43(39)45-44(36)40/h1-28H. The second kappa shape index (κ2) is 10.4. The third kappa shape index (κ3) is 4.32. The van der Waals surface area contributed by atoms with E-state index in [9.17, 15) is 0 Å². The van der Waals surface area contributed by atoms with Gasteiger partial charge >= 0.3 is 0 Å². The highest BCUT2D eigenvalue weighted by atomic mass is 16.3. The van der Waals surface area contributed by atoms with Gasteiger partial charge in [0, 0.05) is 16.3 Å². The van der Waals surface area contributed by atoms with E-state index in [-0.39, 0.29) is 0 Å². The normalized spacial score (nSPS) is 11.6. The lowest BCUT2D eigenvalue weighted by atomic mass is 9.90. The van der Waals surface area contributed by atoms with Crippen LogP contribution in [-0.2, 0) is 0 Å². The number of hydrogen-bond donors (Lipinski definition) is 0. The Morgan fingerprint density at radius 1 is 0.289 bits per heavy atom. The van der Waals surface area contributed by atoms with Gasteiger partial charge in [-0.3, -0.25) is 0 Å². The second-order valence-corrected chi connectivity index (χ2v) is 11.7. The lowest BCUT2D eigenvalue weighted by Gasteiger charge is -2.13. The zero-order chi connectivity index (χ0) is 29.7. The molecule has 9 aromatic rings. The van der Waals surface area contributed by atoms with Gasteiger partial charge in [-0.05, 0) is 78.7 Å². The molecule has 0 saturated heterocycles. The van der Waals surface area contributed by atoms with Crippen LogP contribution in [0.25, 0.3) is 88.0 Å². The van der Waals surface area contributed by atoms with Gasteiger partial charge in [0.2, 0.25) is 0 Å². The minimum atomic E-state index is 0.923. The number of hydrogen-bond acceptors (Lipinski definition) is 1. The van der Waals surface area contributed by atoms with Crippen LogP contribution < -0.4 is 0 Å². The molecule has 1 heterocycles. The van der Waals surface area contributed by atoms with Crippen molar-refractivity contribution in [1.82, 2.24) is 0 Å². The zero-order valence-electron chi connectivity index (χ0n) is 24.6. The monoisotopic (exact) mass is 572 g/mol. The van der Waals surface area contributed by atoms with Crippen LogP contribution in [0.15, 0.2) is 174 Å². The van der Waals surface area contributed by atoms with E-state index < -0.39 is 0 Å². The smallest absolute Gasteiger partial charge is 0.143 e. The van der Waals surface area contributed by atoms with Crippen LogP contribution >= 0.6 is 0 Å². The van der Waals surface area contributed by atoms with E-state index in [2.05, 4.69) is 158 Å². The van der Waals surface area contributed by atoms with Crippen LogP contribution in [0.4, 0.5) is 0 Å². The molecule has 0 unspecified atom stereocenters. The first-order valence-electron chi connectivity index (χ1n) is 15.4. The molecule has 0 atom stereocenters. The SMILES string of the molecule is c1ccc(-c2ccc(-c3ccc4cc(-c5ccc(-c6cccc7c6oc6ccccc67)cc5)c5ccccc5c4c3)cc2)cc1. The highest BCUT2D eigenvalue weighted by Gasteiger charge is 2.14. The Bertz CT molecular complexity index is 2500. The first-order valence-corrected chi connectivity index (χ1v) is 15.4. The Labute approximate surface area is 261 Å². The molecule has 0 saturated carbocycles. The van der Waals surface area contributed by atoms with E-state index in [1.807, 2.05) is 12.1 Å². The zero-order valence-corrected chi connectivity index (χ0v) is 24.6. The van der Waals surface area contributed by atoms with Crippen molar-refractivity contribution in [1.29, 1.82) is 0 Å². The van der Waals surface area contributed by atoms with Gasteiger partial charge in [-0.15, -0.1) is 0 Å². The molecule has 0 N–H and O–H groups in total. The maximum absolute atomic E-state index is 6.33. The summed E-state index contributed by atoms with van der Waals surface area (Å²) in [6, 6.07) is 61.0. The molecule has 0 amide bonds. The summed E-state index contributed by atoms with van der Waals surface area (Å²) in [5.74, 6) is 0. The van der Waals surface area contributed by atoms with Crippen molar-refractivity contribution in [3.8, 4) is 44.5 Å². The molecule has 1 aromatic heterocycles. The Kier molecular flexibility index (Phi) is 5.89. The van der Waals surface area contributed by atoms with Crippen LogP contribution in [0.5, 0.6) is 0 Å². The quantitative estimate of drug-likeness (QED) is 0.191. The molecule has 0 bridgehead atoms. The maximum atomic E-state index is 6.33. The molecule has 0 aliphatic heterocycles. The van der Waals surface area contributed by atoms with Crippen LogP contribution in [0, 0.1) is 0 Å². The van der Waals surface area contributed by atoms with Gasteiger partial charge < -0.3 is 4.42 Å². The van der Waals surface area contributed by atoms with Crippen molar-refractivity contribution < 1.29 is 4.42 Å². The number of para-hydroxylation sites is 2. The first kappa shape index (κ1) is 25.6. The van der Waals surface area contributed by atoms with Crippen LogP contribution in [0.1, 0.15) is 0 Å². The average molecular weight is 573 g/mol. The van der Waals surface area contributed by atoms with Crippen LogP contribution in [0.3, 0.4) is 0 Å². The molecule has 0 radical (unpaired) electrons. The molecule has 0 fully saturated rings. The highest BCUT2D eigenvalue weighted by Crippen LogP contribution is 2.39. The molecular formula is C44H28O. The Morgan fingerprint density at radius 3 is 1.62 bits per heavy atom. The highest BCUT2D eigenvalue weighted by molar-refractivity contribution is 6.15. The van der Waals surface area contributed by atoms with Gasteiger partial charge in [-0.1, -0.05) is 152 Å². The third-order valence-electron chi connectivity index (χ3n) is 9.10. The molecule has 0 aliphatic carbocycles. The first-order chi connectivity index (χ1) is 22.3. The van der Waals surface area contributed by atoms with E-state index in [1.165, 1.54) is 54.9 Å². The molecular weight excluding hydrogens is 544 g/mol. The van der Waals surface area contributed by atoms with Crippen LogP contribution in [-0.4, -0.2) is 0 Å². The minimum Gasteiger partial charge on any atom is -0.455 e. The van der Waals surface area contributed by atoms with Crippen molar-refractivity contribution in [2.75, 3.05) is 0 Å². The molecule has 8 aromatic carbocycles. The topological polar surface area (TPSA) is 13.1 Å². The van der Waals surface area contributed by atoms with Crippen molar-refractivity contribution in [3.05, 3.63) is 170 Å². The summed E-state index contributed by atoms with van der Waals surface area (Å²) >= 11 is 0. The van der Waals surface area contributed by atoms with E-state index in [1.54, 1.807) is 0 Å². The Hall–Kier alpha value is -5.92. The summed E-state index contributed by atoms with van der Waals surface area (Å²) in [6.45, 7) is 0. The fraction of sp³-hybridized carbons (Fsp3) is 0. The number of furan rings is 1. The molecule has 0 spiro atoms. The fourth-order valence-electron chi connectivity index (χ4n) is 6.81. The fourth-order valence-corrected chi connectivity index (χ4v) is 6.81. The van der Waals surface area contributed by atoms with Gasteiger partial charge in [0.1, 0.15) is 11.2 Å². The number of benzene rings is 8. The van der Waals surface area contributed by atoms with E-state index in [0.717, 1.165) is 33.1 Å². The predicted octanol–water partition coefficient (Wildman–Crippen LogP) is 12.6. The summed E-state index contributed by atoms with van der Waals surface area (Å²) in [5.41, 5.74) is 11.5. The largest absolute Gasteiger partial charge is 0.455 e. The second-order valence-electron chi connectivity index (χ2n) is 11.7. The third-order valence-corrected chi connectivity index (χ3v) is 9.10. The molecule has 1 heteroatoms. The number of fused-ring (bicyclic) bond motifs is 6.